The van der Waals surface area contributed by atoms with Crippen molar-refractivity contribution in [1.29, 1.82) is 0 Å². The van der Waals surface area contributed by atoms with Crippen molar-refractivity contribution >= 4 is 40.7 Å². The molecule has 144 valence electrons. The number of anilines is 1. The number of fused-ring (bicyclic) bond motifs is 5. The summed E-state index contributed by atoms with van der Waals surface area (Å²) in [4.78, 5) is 27.7. The highest BCUT2D eigenvalue weighted by Crippen LogP contribution is 2.53. The average Bonchev–Trinajstić information content (AvgIpc) is 3.37. The lowest BCUT2D eigenvalue weighted by Gasteiger charge is -2.18. The van der Waals surface area contributed by atoms with Crippen molar-refractivity contribution in [3.63, 3.8) is 0 Å². The minimum atomic E-state index is -0.213. The van der Waals surface area contributed by atoms with Crippen LogP contribution in [-0.4, -0.2) is 21.6 Å². The third-order valence-electron chi connectivity index (χ3n) is 6.37. The molecule has 2 aliphatic carbocycles. The number of nitrogens with zero attached hydrogens (tertiary/aromatic N) is 3. The Kier molecular flexibility index (Phi) is 3.97. The van der Waals surface area contributed by atoms with Gasteiger partial charge in [0.15, 0.2) is 0 Å². The summed E-state index contributed by atoms with van der Waals surface area (Å²) >= 11 is 12.3. The summed E-state index contributed by atoms with van der Waals surface area (Å²) in [5.41, 5.74) is 2.95. The molecule has 3 aliphatic rings. The van der Waals surface area contributed by atoms with Gasteiger partial charge in [0.1, 0.15) is 0 Å². The first kappa shape index (κ1) is 18.0. The second-order valence-corrected chi connectivity index (χ2v) is 8.77. The highest BCUT2D eigenvalue weighted by atomic mass is 35.5. The van der Waals surface area contributed by atoms with Gasteiger partial charge in [0.25, 0.3) is 0 Å². The smallest absolute Gasteiger partial charge is 0.238 e. The molecule has 2 bridgehead atoms. The van der Waals surface area contributed by atoms with Gasteiger partial charge in [-0.3, -0.25) is 14.3 Å². The van der Waals surface area contributed by atoms with Gasteiger partial charge in [-0.25, -0.2) is 4.90 Å². The summed E-state index contributed by atoms with van der Waals surface area (Å²) in [7, 11) is 0. The Bertz CT molecular complexity index is 1030. The molecular formula is C21H19Cl2N3O2. The number of hydrogen-bond acceptors (Lipinski definition) is 3. The highest BCUT2D eigenvalue weighted by Gasteiger charge is 2.60. The second kappa shape index (κ2) is 6.19. The molecule has 2 heterocycles. The van der Waals surface area contributed by atoms with E-state index >= 15 is 0 Å². The van der Waals surface area contributed by atoms with Crippen molar-refractivity contribution in [2.75, 3.05) is 4.90 Å². The number of benzene rings is 1. The summed E-state index contributed by atoms with van der Waals surface area (Å²) in [5.74, 6) is -0.199. The highest BCUT2D eigenvalue weighted by molar-refractivity contribution is 6.35. The van der Waals surface area contributed by atoms with Gasteiger partial charge in [0.05, 0.1) is 35.5 Å². The van der Waals surface area contributed by atoms with Crippen molar-refractivity contribution in [3.8, 4) is 0 Å². The number of hydrogen-bond donors (Lipinski definition) is 0. The molecule has 5 rings (SSSR count). The summed E-state index contributed by atoms with van der Waals surface area (Å²) in [5, 5.41) is 5.73. The van der Waals surface area contributed by atoms with Crippen LogP contribution in [0.2, 0.25) is 10.0 Å². The fourth-order valence-electron chi connectivity index (χ4n) is 5.10. The zero-order valence-electron chi connectivity index (χ0n) is 15.5. The lowest BCUT2D eigenvalue weighted by atomic mass is 9.85. The number of allylic oxidation sites excluding steroid dienone is 2. The van der Waals surface area contributed by atoms with Gasteiger partial charge in [-0.2, -0.15) is 5.10 Å². The van der Waals surface area contributed by atoms with Crippen LogP contribution >= 0.6 is 23.2 Å². The maximum Gasteiger partial charge on any atom is 0.238 e. The number of carbonyl (C=O) groups excluding carboxylic acids is 2. The van der Waals surface area contributed by atoms with E-state index in [0.717, 1.165) is 17.7 Å². The number of halogens is 2. The molecule has 1 aromatic carbocycles. The fourth-order valence-corrected chi connectivity index (χ4v) is 5.57. The Labute approximate surface area is 172 Å². The van der Waals surface area contributed by atoms with Crippen molar-refractivity contribution in [1.82, 2.24) is 9.78 Å². The molecule has 4 atom stereocenters. The van der Waals surface area contributed by atoms with Gasteiger partial charge >= 0.3 is 0 Å². The van der Waals surface area contributed by atoms with E-state index in [1.54, 1.807) is 16.8 Å². The first-order valence-corrected chi connectivity index (χ1v) is 10.2. The zero-order valence-corrected chi connectivity index (χ0v) is 17.0. The Hall–Kier alpha value is -2.11. The summed E-state index contributed by atoms with van der Waals surface area (Å²) in [6.45, 7) is 4.17. The van der Waals surface area contributed by atoms with Crippen LogP contribution in [-0.2, 0) is 16.1 Å². The van der Waals surface area contributed by atoms with Gasteiger partial charge in [-0.1, -0.05) is 41.4 Å². The quantitative estimate of drug-likeness (QED) is 0.558. The third kappa shape index (κ3) is 2.42. The molecule has 0 radical (unpaired) electrons. The van der Waals surface area contributed by atoms with E-state index in [0.29, 0.717) is 28.0 Å². The topological polar surface area (TPSA) is 55.2 Å². The van der Waals surface area contributed by atoms with E-state index in [9.17, 15) is 9.59 Å². The van der Waals surface area contributed by atoms with Crippen LogP contribution in [0.5, 0.6) is 0 Å². The van der Waals surface area contributed by atoms with E-state index in [1.807, 2.05) is 19.9 Å². The van der Waals surface area contributed by atoms with Crippen molar-refractivity contribution in [2.45, 2.75) is 26.8 Å². The van der Waals surface area contributed by atoms with Gasteiger partial charge in [0, 0.05) is 10.0 Å². The summed E-state index contributed by atoms with van der Waals surface area (Å²) < 4.78 is 1.79. The molecule has 2 aromatic rings. The normalized spacial score (nSPS) is 27.9. The van der Waals surface area contributed by atoms with Crippen LogP contribution in [0.25, 0.3) is 0 Å². The Balaban J connectivity index is 1.50. The molecule has 1 aliphatic heterocycles. The maximum absolute atomic E-state index is 13.1. The predicted molar refractivity (Wildman–Crippen MR) is 107 cm³/mol. The third-order valence-corrected chi connectivity index (χ3v) is 6.96. The van der Waals surface area contributed by atoms with Gasteiger partial charge in [0.2, 0.25) is 11.8 Å². The number of aryl methyl sites for hydroxylation is 1. The van der Waals surface area contributed by atoms with Crippen molar-refractivity contribution in [3.05, 3.63) is 57.3 Å². The van der Waals surface area contributed by atoms with Crippen molar-refractivity contribution < 1.29 is 9.59 Å². The van der Waals surface area contributed by atoms with Crippen LogP contribution in [0, 0.1) is 37.5 Å². The van der Waals surface area contributed by atoms with Crippen molar-refractivity contribution in [2.24, 2.45) is 23.7 Å². The molecule has 1 saturated heterocycles. The Morgan fingerprint density at radius 1 is 1.07 bits per heavy atom. The minimum Gasteiger partial charge on any atom is -0.274 e. The number of aromatic nitrogens is 2. The molecular weight excluding hydrogens is 397 g/mol. The number of carbonyl (C=O) groups is 2. The molecule has 0 N–H and O–H groups in total. The fraction of sp³-hybridized carbons (Fsp3) is 0.381. The van der Waals surface area contributed by atoms with E-state index in [2.05, 4.69) is 17.3 Å². The van der Waals surface area contributed by atoms with Crippen LogP contribution in [0.15, 0.2) is 30.4 Å². The van der Waals surface area contributed by atoms with Gasteiger partial charge in [-0.15, -0.1) is 0 Å². The van der Waals surface area contributed by atoms with Gasteiger partial charge in [-0.05, 0) is 49.8 Å². The molecule has 1 saturated carbocycles. The zero-order chi connectivity index (χ0) is 19.7. The Morgan fingerprint density at radius 3 is 2.32 bits per heavy atom. The average molecular weight is 416 g/mol. The monoisotopic (exact) mass is 415 g/mol. The Morgan fingerprint density at radius 2 is 1.71 bits per heavy atom. The van der Waals surface area contributed by atoms with E-state index < -0.39 is 0 Å². The van der Waals surface area contributed by atoms with E-state index in [-0.39, 0.29) is 35.5 Å². The predicted octanol–water partition coefficient (Wildman–Crippen LogP) is 4.17. The number of amides is 2. The van der Waals surface area contributed by atoms with Crippen LogP contribution in [0.4, 0.5) is 5.69 Å². The molecule has 2 amide bonds. The SMILES string of the molecule is Cc1nn(Cc2ccc(Cl)cc2Cl)c(C)c1N1C(=O)[C@@H]2[C@H](C1=O)[C@@H]1C=C[C@H]2C1. The first-order chi connectivity index (χ1) is 13.4. The molecule has 5 nitrogen and oxygen atoms in total. The lowest BCUT2D eigenvalue weighted by molar-refractivity contribution is -0.123. The molecule has 0 unspecified atom stereocenters. The first-order valence-electron chi connectivity index (χ1n) is 9.41. The van der Waals surface area contributed by atoms with Crippen LogP contribution < -0.4 is 4.90 Å². The molecule has 2 fully saturated rings. The largest absolute Gasteiger partial charge is 0.274 e. The second-order valence-electron chi connectivity index (χ2n) is 7.92. The summed E-state index contributed by atoms with van der Waals surface area (Å²) in [6.07, 6.45) is 5.13. The van der Waals surface area contributed by atoms with Crippen LogP contribution in [0.3, 0.4) is 0 Å². The molecule has 0 spiro atoms. The van der Waals surface area contributed by atoms with Gasteiger partial charge < -0.3 is 0 Å². The molecule has 7 heteroatoms. The number of imide groups is 1. The molecule has 1 aromatic heterocycles. The summed E-state index contributed by atoms with van der Waals surface area (Å²) in [6, 6.07) is 5.34. The van der Waals surface area contributed by atoms with Crippen LogP contribution in [0.1, 0.15) is 23.4 Å². The maximum atomic E-state index is 13.1. The van der Waals surface area contributed by atoms with E-state index in [1.165, 1.54) is 4.90 Å². The van der Waals surface area contributed by atoms with E-state index in [4.69, 9.17) is 23.2 Å². The molecule has 28 heavy (non-hydrogen) atoms. The standard InChI is InChI=1S/C21H19Cl2N3O2/c1-10-19(11(2)25(24-10)9-14-5-6-15(22)8-16(14)23)26-20(27)17-12-3-4-13(7-12)18(17)21(26)28/h3-6,8,12-13,17-18H,7,9H2,1-2H3/t12-,13+,17-,18+. The lowest BCUT2D eigenvalue weighted by Crippen LogP contribution is -2.33. The number of rotatable bonds is 3. The minimum absolute atomic E-state index is 0.0814.